The molecule has 0 aliphatic heterocycles. The molecule has 0 radical (unpaired) electrons. The molecule has 0 spiro atoms. The van der Waals surface area contributed by atoms with E-state index in [0.29, 0.717) is 5.56 Å². The summed E-state index contributed by atoms with van der Waals surface area (Å²) in [6, 6.07) is 27.7. The Bertz CT molecular complexity index is 1110. The highest BCUT2D eigenvalue weighted by atomic mass is 16.5. The molecule has 4 aromatic rings. The number of methoxy groups -OCH3 is 1. The number of carbonyl (C=O) groups excluding carboxylic acids is 1. The lowest BCUT2D eigenvalue weighted by Crippen LogP contribution is -2.05. The van der Waals surface area contributed by atoms with E-state index < -0.39 is 0 Å². The van der Waals surface area contributed by atoms with Crippen LogP contribution >= 0.6 is 0 Å². The van der Waals surface area contributed by atoms with Crippen molar-refractivity contribution in [2.75, 3.05) is 7.11 Å². The lowest BCUT2D eigenvalue weighted by atomic mass is 9.89. The molecule has 0 aromatic heterocycles. The number of hydrogen-bond donors (Lipinski definition) is 0. The Labute approximate surface area is 159 Å². The SMILES string of the molecule is COc1ccc(-c2ccc3ccccc3c2C(=O)c2ccc(C)cc2)cc1. The third-order valence-corrected chi connectivity index (χ3v) is 4.87. The van der Waals surface area contributed by atoms with Crippen LogP contribution in [0.25, 0.3) is 21.9 Å². The summed E-state index contributed by atoms with van der Waals surface area (Å²) in [5, 5.41) is 2.03. The van der Waals surface area contributed by atoms with Crippen LogP contribution in [0.4, 0.5) is 0 Å². The molecule has 2 heteroatoms. The number of hydrogen-bond acceptors (Lipinski definition) is 2. The van der Waals surface area contributed by atoms with Gasteiger partial charge in [-0.3, -0.25) is 4.79 Å². The van der Waals surface area contributed by atoms with E-state index in [4.69, 9.17) is 4.74 Å². The first-order chi connectivity index (χ1) is 13.2. The maximum Gasteiger partial charge on any atom is 0.194 e. The van der Waals surface area contributed by atoms with E-state index in [1.807, 2.05) is 85.8 Å². The Morgan fingerprint density at radius 2 is 1.48 bits per heavy atom. The normalized spacial score (nSPS) is 10.7. The molecule has 0 aliphatic carbocycles. The molecule has 0 saturated carbocycles. The van der Waals surface area contributed by atoms with E-state index in [2.05, 4.69) is 6.07 Å². The van der Waals surface area contributed by atoms with Gasteiger partial charge in [-0.2, -0.15) is 0 Å². The summed E-state index contributed by atoms with van der Waals surface area (Å²) in [5.74, 6) is 0.837. The van der Waals surface area contributed by atoms with Crippen molar-refractivity contribution in [3.05, 3.63) is 102 Å². The van der Waals surface area contributed by atoms with Crippen LogP contribution in [0.3, 0.4) is 0 Å². The van der Waals surface area contributed by atoms with Crippen molar-refractivity contribution in [1.82, 2.24) is 0 Å². The molecular weight excluding hydrogens is 332 g/mol. The number of aryl methyl sites for hydroxylation is 1. The highest BCUT2D eigenvalue weighted by Crippen LogP contribution is 2.33. The average molecular weight is 352 g/mol. The van der Waals surface area contributed by atoms with E-state index in [0.717, 1.165) is 38.8 Å². The number of carbonyl (C=O) groups is 1. The van der Waals surface area contributed by atoms with Gasteiger partial charge in [0.05, 0.1) is 7.11 Å². The Kier molecular flexibility index (Phi) is 4.47. The Morgan fingerprint density at radius 3 is 2.19 bits per heavy atom. The van der Waals surface area contributed by atoms with Crippen molar-refractivity contribution in [1.29, 1.82) is 0 Å². The topological polar surface area (TPSA) is 26.3 Å². The Balaban J connectivity index is 1.94. The zero-order chi connectivity index (χ0) is 18.8. The molecule has 0 N–H and O–H groups in total. The summed E-state index contributed by atoms with van der Waals surface area (Å²) in [7, 11) is 1.65. The maximum atomic E-state index is 13.5. The van der Waals surface area contributed by atoms with Crippen molar-refractivity contribution >= 4 is 16.6 Å². The monoisotopic (exact) mass is 352 g/mol. The molecule has 132 valence electrons. The van der Waals surface area contributed by atoms with Crippen LogP contribution in [0.5, 0.6) is 5.75 Å². The smallest absolute Gasteiger partial charge is 0.194 e. The van der Waals surface area contributed by atoms with Crippen LogP contribution in [0, 0.1) is 6.92 Å². The van der Waals surface area contributed by atoms with Gasteiger partial charge in [0.15, 0.2) is 5.78 Å². The van der Waals surface area contributed by atoms with Crippen LogP contribution in [-0.2, 0) is 0 Å². The van der Waals surface area contributed by atoms with Crippen molar-refractivity contribution in [3.8, 4) is 16.9 Å². The highest BCUT2D eigenvalue weighted by molar-refractivity contribution is 6.20. The minimum absolute atomic E-state index is 0.0395. The number of ether oxygens (including phenoxy) is 1. The van der Waals surface area contributed by atoms with Gasteiger partial charge in [-0.15, -0.1) is 0 Å². The first-order valence-corrected chi connectivity index (χ1v) is 8.95. The van der Waals surface area contributed by atoms with E-state index >= 15 is 0 Å². The molecular formula is C25H20O2. The molecule has 4 rings (SSSR count). The van der Waals surface area contributed by atoms with Gasteiger partial charge in [0.2, 0.25) is 0 Å². The second-order valence-corrected chi connectivity index (χ2v) is 6.63. The first kappa shape index (κ1) is 17.0. The van der Waals surface area contributed by atoms with Gasteiger partial charge in [0, 0.05) is 11.1 Å². The molecule has 0 heterocycles. The van der Waals surface area contributed by atoms with Gasteiger partial charge in [-0.05, 0) is 41.0 Å². The number of benzene rings is 4. The molecule has 2 nitrogen and oxygen atoms in total. The first-order valence-electron chi connectivity index (χ1n) is 8.95. The zero-order valence-electron chi connectivity index (χ0n) is 15.4. The van der Waals surface area contributed by atoms with Gasteiger partial charge in [-0.1, -0.05) is 78.4 Å². The standard InChI is InChI=1S/C25H20O2/c1-17-7-9-20(10-8-17)25(26)24-22-6-4-3-5-18(22)13-16-23(24)19-11-14-21(27-2)15-12-19/h3-16H,1-2H3. The lowest BCUT2D eigenvalue weighted by Gasteiger charge is -2.13. The van der Waals surface area contributed by atoms with Crippen LogP contribution in [-0.4, -0.2) is 12.9 Å². The maximum absolute atomic E-state index is 13.5. The molecule has 0 amide bonds. The van der Waals surface area contributed by atoms with E-state index in [1.165, 1.54) is 0 Å². The van der Waals surface area contributed by atoms with Crippen molar-refractivity contribution in [2.24, 2.45) is 0 Å². The summed E-state index contributed by atoms with van der Waals surface area (Å²) in [6.07, 6.45) is 0. The molecule has 0 bridgehead atoms. The van der Waals surface area contributed by atoms with Crippen molar-refractivity contribution < 1.29 is 9.53 Å². The Morgan fingerprint density at radius 1 is 0.778 bits per heavy atom. The second kappa shape index (κ2) is 7.08. The van der Waals surface area contributed by atoms with Crippen LogP contribution in [0.2, 0.25) is 0 Å². The molecule has 0 saturated heterocycles. The minimum Gasteiger partial charge on any atom is -0.497 e. The fourth-order valence-electron chi connectivity index (χ4n) is 3.38. The third kappa shape index (κ3) is 3.22. The molecule has 4 aromatic carbocycles. The molecule has 0 unspecified atom stereocenters. The largest absolute Gasteiger partial charge is 0.497 e. The predicted molar refractivity (Wildman–Crippen MR) is 111 cm³/mol. The summed E-state index contributed by atoms with van der Waals surface area (Å²) in [4.78, 5) is 13.5. The highest BCUT2D eigenvalue weighted by Gasteiger charge is 2.18. The van der Waals surface area contributed by atoms with Crippen LogP contribution in [0.15, 0.2) is 84.9 Å². The summed E-state index contributed by atoms with van der Waals surface area (Å²) in [6.45, 7) is 2.02. The molecule has 27 heavy (non-hydrogen) atoms. The van der Waals surface area contributed by atoms with Gasteiger partial charge in [-0.25, -0.2) is 0 Å². The summed E-state index contributed by atoms with van der Waals surface area (Å²) in [5.41, 5.74) is 4.51. The number of ketones is 1. The van der Waals surface area contributed by atoms with Gasteiger partial charge in [0.25, 0.3) is 0 Å². The predicted octanol–water partition coefficient (Wildman–Crippen LogP) is 6.05. The minimum atomic E-state index is 0.0395. The van der Waals surface area contributed by atoms with Gasteiger partial charge >= 0.3 is 0 Å². The fraction of sp³-hybridized carbons (Fsp3) is 0.0800. The van der Waals surface area contributed by atoms with Gasteiger partial charge < -0.3 is 4.74 Å². The van der Waals surface area contributed by atoms with Crippen LogP contribution in [0.1, 0.15) is 21.5 Å². The number of fused-ring (bicyclic) bond motifs is 1. The summed E-state index contributed by atoms with van der Waals surface area (Å²) >= 11 is 0. The summed E-state index contributed by atoms with van der Waals surface area (Å²) < 4.78 is 5.27. The fourth-order valence-corrected chi connectivity index (χ4v) is 3.38. The third-order valence-electron chi connectivity index (χ3n) is 4.87. The van der Waals surface area contributed by atoms with Gasteiger partial charge in [0.1, 0.15) is 5.75 Å². The quantitative estimate of drug-likeness (QED) is 0.418. The lowest BCUT2D eigenvalue weighted by molar-refractivity contribution is 0.104. The number of rotatable bonds is 4. The van der Waals surface area contributed by atoms with Crippen molar-refractivity contribution in [2.45, 2.75) is 6.92 Å². The van der Waals surface area contributed by atoms with Crippen molar-refractivity contribution in [3.63, 3.8) is 0 Å². The molecule has 0 atom stereocenters. The van der Waals surface area contributed by atoms with Crippen LogP contribution < -0.4 is 4.74 Å². The second-order valence-electron chi connectivity index (χ2n) is 6.63. The molecule has 0 aliphatic rings. The zero-order valence-corrected chi connectivity index (χ0v) is 15.4. The van der Waals surface area contributed by atoms with E-state index in [1.54, 1.807) is 7.11 Å². The van der Waals surface area contributed by atoms with E-state index in [9.17, 15) is 4.79 Å². The van der Waals surface area contributed by atoms with E-state index in [-0.39, 0.29) is 5.78 Å². The average Bonchev–Trinajstić information content (AvgIpc) is 2.73. The molecule has 0 fully saturated rings. The Hall–Kier alpha value is -3.39.